The second-order valence-corrected chi connectivity index (χ2v) is 15.1. The number of imide groups is 1. The van der Waals surface area contributed by atoms with Crippen LogP contribution in [0.2, 0.25) is 0 Å². The van der Waals surface area contributed by atoms with Crippen molar-refractivity contribution in [1.82, 2.24) is 15.1 Å². The van der Waals surface area contributed by atoms with Gasteiger partial charge in [-0.2, -0.15) is 0 Å². The molecule has 1 atom stereocenters. The van der Waals surface area contributed by atoms with Crippen LogP contribution in [0.15, 0.2) is 97.1 Å². The van der Waals surface area contributed by atoms with Gasteiger partial charge in [0.2, 0.25) is 11.8 Å². The molecule has 9 nitrogen and oxygen atoms in total. The maximum absolute atomic E-state index is 13.1. The summed E-state index contributed by atoms with van der Waals surface area (Å²) in [5.74, 6) is 1.06. The van der Waals surface area contributed by atoms with E-state index in [1.54, 1.807) is 17.0 Å². The molecule has 1 saturated carbocycles. The minimum atomic E-state index is -0.590. The molecule has 3 fully saturated rings. The predicted octanol–water partition coefficient (Wildman–Crippen LogP) is 6.89. The van der Waals surface area contributed by atoms with E-state index in [2.05, 4.69) is 76.6 Å². The average molecular weight is 725 g/mol. The van der Waals surface area contributed by atoms with Gasteiger partial charge in [-0.15, -0.1) is 0 Å². The number of rotatable bonds is 11. The fourth-order valence-electron chi connectivity index (χ4n) is 8.56. The fourth-order valence-corrected chi connectivity index (χ4v) is 8.56. The van der Waals surface area contributed by atoms with Crippen LogP contribution in [0.5, 0.6) is 11.5 Å². The Hall–Kier alpha value is -5.41. The molecule has 278 valence electrons. The van der Waals surface area contributed by atoms with Gasteiger partial charge in [0.25, 0.3) is 5.91 Å². The van der Waals surface area contributed by atoms with Crippen molar-refractivity contribution in [2.45, 2.75) is 64.1 Å². The van der Waals surface area contributed by atoms with Crippen LogP contribution in [0.1, 0.15) is 78.1 Å². The Bertz CT molecular complexity index is 2030. The number of aromatic hydroxyl groups is 1. The average Bonchev–Trinajstić information content (AvgIpc) is 3.50. The SMILES string of the molecule is CC/C(=C(\c1ccc(O)cc1)c1ccc(OC2CC(CCN3CCN(c4ccc5c(c4)CN(C4CCC(=O)NC4=O)C5=O)CC3)C2)cc1)c1ccccc1. The lowest BCUT2D eigenvalue weighted by Gasteiger charge is -2.39. The molecule has 0 radical (unpaired) electrons. The van der Waals surface area contributed by atoms with Crippen LogP contribution in [-0.4, -0.2) is 77.5 Å². The Morgan fingerprint density at radius 3 is 2.22 bits per heavy atom. The molecule has 1 unspecified atom stereocenters. The summed E-state index contributed by atoms with van der Waals surface area (Å²) in [6.45, 7) is 7.56. The number of allylic oxidation sites excluding steroid dienone is 1. The molecular weight excluding hydrogens is 677 g/mol. The van der Waals surface area contributed by atoms with E-state index >= 15 is 0 Å². The molecule has 4 aliphatic rings. The largest absolute Gasteiger partial charge is 0.508 e. The molecular formula is C45H48N4O5. The third kappa shape index (κ3) is 7.51. The molecule has 3 aliphatic heterocycles. The highest BCUT2D eigenvalue weighted by atomic mass is 16.5. The number of nitrogens with one attached hydrogen (secondary N) is 1. The van der Waals surface area contributed by atoms with Crippen LogP contribution >= 0.6 is 0 Å². The van der Waals surface area contributed by atoms with Crippen LogP contribution in [0, 0.1) is 5.92 Å². The highest BCUT2D eigenvalue weighted by Gasteiger charge is 2.39. The summed E-state index contributed by atoms with van der Waals surface area (Å²) in [4.78, 5) is 43.7. The van der Waals surface area contributed by atoms with Crippen molar-refractivity contribution in [3.05, 3.63) is 125 Å². The summed E-state index contributed by atoms with van der Waals surface area (Å²) >= 11 is 0. The molecule has 4 aromatic carbocycles. The van der Waals surface area contributed by atoms with E-state index < -0.39 is 6.04 Å². The van der Waals surface area contributed by atoms with Crippen LogP contribution in [0.25, 0.3) is 11.1 Å². The molecule has 4 aromatic rings. The molecule has 9 heteroatoms. The van der Waals surface area contributed by atoms with Gasteiger partial charge in [0.1, 0.15) is 17.5 Å². The molecule has 3 heterocycles. The summed E-state index contributed by atoms with van der Waals surface area (Å²) in [6, 6.07) is 31.9. The number of nitrogens with zero attached hydrogens (tertiary/aromatic N) is 3. The molecule has 0 bridgehead atoms. The van der Waals surface area contributed by atoms with Gasteiger partial charge in [0.05, 0.1) is 6.10 Å². The minimum absolute atomic E-state index is 0.129. The third-order valence-electron chi connectivity index (χ3n) is 11.7. The van der Waals surface area contributed by atoms with E-state index in [4.69, 9.17) is 4.74 Å². The molecule has 0 aromatic heterocycles. The predicted molar refractivity (Wildman–Crippen MR) is 210 cm³/mol. The maximum atomic E-state index is 13.1. The molecule has 2 saturated heterocycles. The van der Waals surface area contributed by atoms with Gasteiger partial charge >= 0.3 is 0 Å². The summed E-state index contributed by atoms with van der Waals surface area (Å²) in [5, 5.41) is 12.3. The van der Waals surface area contributed by atoms with Gasteiger partial charge in [-0.1, -0.05) is 61.5 Å². The van der Waals surface area contributed by atoms with Gasteiger partial charge in [0, 0.05) is 50.4 Å². The highest BCUT2D eigenvalue weighted by Crippen LogP contribution is 2.38. The summed E-state index contributed by atoms with van der Waals surface area (Å²) in [7, 11) is 0. The van der Waals surface area contributed by atoms with Gasteiger partial charge in [-0.3, -0.25) is 24.6 Å². The first-order valence-corrected chi connectivity index (χ1v) is 19.4. The number of benzene rings is 4. The van der Waals surface area contributed by atoms with Crippen molar-refractivity contribution in [1.29, 1.82) is 0 Å². The number of piperazine rings is 1. The van der Waals surface area contributed by atoms with Crippen molar-refractivity contribution >= 4 is 34.6 Å². The third-order valence-corrected chi connectivity index (χ3v) is 11.7. The smallest absolute Gasteiger partial charge is 0.255 e. The first kappa shape index (κ1) is 35.6. The van der Waals surface area contributed by atoms with Crippen molar-refractivity contribution in [2.75, 3.05) is 37.6 Å². The number of phenolic OH excluding ortho intramolecular Hbond substituents is 1. The van der Waals surface area contributed by atoms with Gasteiger partial charge < -0.3 is 19.6 Å². The van der Waals surface area contributed by atoms with Crippen LogP contribution in [-0.2, 0) is 16.1 Å². The molecule has 2 N–H and O–H groups in total. The Labute approximate surface area is 317 Å². The number of fused-ring (bicyclic) bond motifs is 1. The zero-order valence-corrected chi connectivity index (χ0v) is 30.9. The zero-order chi connectivity index (χ0) is 37.2. The Balaban J connectivity index is 0.806. The minimum Gasteiger partial charge on any atom is -0.508 e. The highest BCUT2D eigenvalue weighted by molar-refractivity contribution is 6.05. The quantitative estimate of drug-likeness (QED) is 0.128. The lowest BCUT2D eigenvalue weighted by Crippen LogP contribution is -2.52. The number of amides is 3. The van der Waals surface area contributed by atoms with E-state index in [0.717, 1.165) is 80.1 Å². The first-order valence-electron chi connectivity index (χ1n) is 19.4. The van der Waals surface area contributed by atoms with Crippen molar-refractivity contribution in [2.24, 2.45) is 5.92 Å². The number of phenols is 1. The summed E-state index contributed by atoms with van der Waals surface area (Å²) in [5.41, 5.74) is 8.56. The molecule has 8 rings (SSSR count). The van der Waals surface area contributed by atoms with Gasteiger partial charge in [0.15, 0.2) is 0 Å². The van der Waals surface area contributed by atoms with E-state index in [9.17, 15) is 19.5 Å². The van der Waals surface area contributed by atoms with Crippen molar-refractivity contribution in [3.8, 4) is 11.5 Å². The Kier molecular flexibility index (Phi) is 10.2. The number of hydrogen-bond donors (Lipinski definition) is 2. The van der Waals surface area contributed by atoms with E-state index in [1.165, 1.54) is 23.1 Å². The topological polar surface area (TPSA) is 102 Å². The second-order valence-electron chi connectivity index (χ2n) is 15.1. The van der Waals surface area contributed by atoms with Gasteiger partial charge in [-0.25, -0.2) is 0 Å². The number of anilines is 1. The summed E-state index contributed by atoms with van der Waals surface area (Å²) in [6.07, 6.45) is 5.10. The van der Waals surface area contributed by atoms with Crippen LogP contribution in [0.3, 0.4) is 0 Å². The molecule has 1 aliphatic carbocycles. The number of carbonyl (C=O) groups excluding carboxylic acids is 3. The normalized spacial score (nSPS) is 22.0. The molecule has 54 heavy (non-hydrogen) atoms. The zero-order valence-electron chi connectivity index (χ0n) is 30.9. The van der Waals surface area contributed by atoms with Crippen LogP contribution in [0.4, 0.5) is 5.69 Å². The van der Waals surface area contributed by atoms with Crippen molar-refractivity contribution < 1.29 is 24.2 Å². The first-order chi connectivity index (χ1) is 26.3. The van der Waals surface area contributed by atoms with Crippen LogP contribution < -0.4 is 15.0 Å². The Morgan fingerprint density at radius 2 is 1.54 bits per heavy atom. The Morgan fingerprint density at radius 1 is 0.833 bits per heavy atom. The maximum Gasteiger partial charge on any atom is 0.255 e. The lowest BCUT2D eigenvalue weighted by atomic mass is 9.80. The number of carbonyl (C=O) groups is 3. The second kappa shape index (κ2) is 15.5. The number of ether oxygens (including phenoxy) is 1. The van der Waals surface area contributed by atoms with E-state index in [0.29, 0.717) is 24.4 Å². The fraction of sp³-hybridized carbons (Fsp3) is 0.356. The van der Waals surface area contributed by atoms with Gasteiger partial charge in [-0.05, 0) is 120 Å². The van der Waals surface area contributed by atoms with E-state index in [1.807, 2.05) is 30.3 Å². The van der Waals surface area contributed by atoms with Crippen molar-refractivity contribution in [3.63, 3.8) is 0 Å². The monoisotopic (exact) mass is 724 g/mol. The van der Waals surface area contributed by atoms with E-state index in [-0.39, 0.29) is 36.0 Å². The molecule has 0 spiro atoms. The number of piperidine rings is 1. The standard InChI is InChI=1S/C45H48N4O5/c1-2-39(31-6-4-3-5-7-31)43(32-8-13-36(50)14-9-32)33-10-15-37(16-11-33)54-38-26-30(27-38)20-21-47-22-24-48(25-23-47)35-12-17-40-34(28-35)29-49(45(40)53)41-18-19-42(51)46-44(41)52/h3-17,28,30,38,41,50H,2,18-27,29H2,1H3,(H,46,51,52)/b43-39-. The molecule has 3 amide bonds. The number of hydrogen-bond acceptors (Lipinski definition) is 7. The lowest BCUT2D eigenvalue weighted by molar-refractivity contribution is -0.136. The summed E-state index contributed by atoms with van der Waals surface area (Å²) < 4.78 is 6.43.